The Bertz CT molecular complexity index is 580. The van der Waals surface area contributed by atoms with Gasteiger partial charge in [-0.3, -0.25) is 9.88 Å². The van der Waals surface area contributed by atoms with Crippen LogP contribution in [0.4, 0.5) is 0 Å². The molecule has 3 rings (SSSR count). The number of hydrogen-bond donors (Lipinski definition) is 1. The fourth-order valence-corrected chi connectivity index (χ4v) is 3.48. The van der Waals surface area contributed by atoms with Gasteiger partial charge in [-0.1, -0.05) is 34.1 Å². The molecule has 1 aromatic carbocycles. The van der Waals surface area contributed by atoms with Gasteiger partial charge in [-0.15, -0.1) is 0 Å². The molecule has 2 heterocycles. The monoisotopic (exact) mass is 359 g/mol. The van der Waals surface area contributed by atoms with Crippen LogP contribution in [0.25, 0.3) is 0 Å². The molecule has 0 spiro atoms. The molecule has 2 aromatic rings. The van der Waals surface area contributed by atoms with Crippen LogP contribution in [0.15, 0.2) is 53.1 Å². The van der Waals surface area contributed by atoms with Crippen molar-refractivity contribution in [2.24, 2.45) is 0 Å². The predicted octanol–water partition coefficient (Wildman–Crippen LogP) is 3.42. The highest BCUT2D eigenvalue weighted by molar-refractivity contribution is 9.10. The van der Waals surface area contributed by atoms with Crippen LogP contribution >= 0.6 is 15.9 Å². The van der Waals surface area contributed by atoms with E-state index in [4.69, 9.17) is 0 Å². The van der Waals surface area contributed by atoms with E-state index in [1.54, 1.807) is 0 Å². The lowest BCUT2D eigenvalue weighted by molar-refractivity contribution is 0.208. The van der Waals surface area contributed by atoms with E-state index in [9.17, 15) is 0 Å². The molecule has 1 atom stereocenters. The molecule has 3 nitrogen and oxygen atoms in total. The van der Waals surface area contributed by atoms with E-state index in [2.05, 4.69) is 67.5 Å². The molecule has 0 aliphatic carbocycles. The molecule has 4 heteroatoms. The normalized spacial score (nSPS) is 17.9. The van der Waals surface area contributed by atoms with E-state index >= 15 is 0 Å². The van der Waals surface area contributed by atoms with Crippen LogP contribution in [0.5, 0.6) is 0 Å². The van der Waals surface area contributed by atoms with Crippen molar-refractivity contribution >= 4 is 15.9 Å². The Morgan fingerprint density at radius 1 is 1.14 bits per heavy atom. The van der Waals surface area contributed by atoms with Crippen molar-refractivity contribution in [2.75, 3.05) is 26.2 Å². The zero-order valence-corrected chi connectivity index (χ0v) is 14.3. The third kappa shape index (κ3) is 4.15. The maximum absolute atomic E-state index is 4.53. The minimum atomic E-state index is 0.382. The zero-order chi connectivity index (χ0) is 15.2. The molecule has 1 aromatic heterocycles. The van der Waals surface area contributed by atoms with Crippen molar-refractivity contribution in [3.63, 3.8) is 0 Å². The second-order valence-corrected chi connectivity index (χ2v) is 6.65. The molecule has 0 saturated carbocycles. The number of hydrogen-bond acceptors (Lipinski definition) is 3. The lowest BCUT2D eigenvalue weighted by atomic mass is 9.99. The molecule has 1 saturated heterocycles. The molecule has 0 bridgehead atoms. The molecule has 22 heavy (non-hydrogen) atoms. The van der Waals surface area contributed by atoms with Gasteiger partial charge in [0.15, 0.2) is 0 Å². The number of nitrogens with one attached hydrogen (secondary N) is 1. The molecule has 116 valence electrons. The SMILES string of the molecule is Brc1cccc(C(Cc2ccccn2)N2CCCNCC2)c1. The van der Waals surface area contributed by atoms with Crippen molar-refractivity contribution in [3.8, 4) is 0 Å². The minimum absolute atomic E-state index is 0.382. The van der Waals surface area contributed by atoms with Crippen LogP contribution in [0.1, 0.15) is 23.7 Å². The van der Waals surface area contributed by atoms with Crippen molar-refractivity contribution in [1.29, 1.82) is 0 Å². The maximum Gasteiger partial charge on any atom is 0.0422 e. The Morgan fingerprint density at radius 3 is 2.91 bits per heavy atom. The van der Waals surface area contributed by atoms with Crippen LogP contribution in [-0.2, 0) is 6.42 Å². The van der Waals surface area contributed by atoms with Gasteiger partial charge < -0.3 is 5.32 Å². The number of rotatable bonds is 4. The first-order chi connectivity index (χ1) is 10.8. The first kappa shape index (κ1) is 15.7. The lowest BCUT2D eigenvalue weighted by Crippen LogP contribution is -2.33. The smallest absolute Gasteiger partial charge is 0.0422 e. The lowest BCUT2D eigenvalue weighted by Gasteiger charge is -2.31. The minimum Gasteiger partial charge on any atom is -0.315 e. The summed E-state index contributed by atoms with van der Waals surface area (Å²) in [5, 5.41) is 3.49. The zero-order valence-electron chi connectivity index (χ0n) is 12.7. The van der Waals surface area contributed by atoms with Crippen LogP contribution in [-0.4, -0.2) is 36.1 Å². The summed E-state index contributed by atoms with van der Waals surface area (Å²) < 4.78 is 1.14. The first-order valence-electron chi connectivity index (χ1n) is 7.93. The van der Waals surface area contributed by atoms with Gasteiger partial charge in [0.1, 0.15) is 0 Å². The van der Waals surface area contributed by atoms with E-state index in [0.29, 0.717) is 6.04 Å². The Morgan fingerprint density at radius 2 is 2.09 bits per heavy atom. The second-order valence-electron chi connectivity index (χ2n) is 5.74. The van der Waals surface area contributed by atoms with Gasteiger partial charge in [0, 0.05) is 48.5 Å². The summed E-state index contributed by atoms with van der Waals surface area (Å²) in [5.74, 6) is 0. The quantitative estimate of drug-likeness (QED) is 0.906. The van der Waals surface area contributed by atoms with E-state index < -0.39 is 0 Å². The summed E-state index contributed by atoms with van der Waals surface area (Å²) >= 11 is 3.61. The van der Waals surface area contributed by atoms with E-state index in [1.807, 2.05) is 12.3 Å². The van der Waals surface area contributed by atoms with Gasteiger partial charge in [0.2, 0.25) is 0 Å². The van der Waals surface area contributed by atoms with Crippen LogP contribution in [0.2, 0.25) is 0 Å². The number of halogens is 1. The first-order valence-corrected chi connectivity index (χ1v) is 8.72. The van der Waals surface area contributed by atoms with Crippen LogP contribution in [0, 0.1) is 0 Å². The van der Waals surface area contributed by atoms with E-state index in [1.165, 1.54) is 12.0 Å². The van der Waals surface area contributed by atoms with E-state index in [0.717, 1.165) is 42.8 Å². The Kier molecular flexibility index (Phi) is 5.59. The highest BCUT2D eigenvalue weighted by Crippen LogP contribution is 2.27. The molecule has 1 fully saturated rings. The summed E-state index contributed by atoms with van der Waals surface area (Å²) in [4.78, 5) is 7.12. The highest BCUT2D eigenvalue weighted by atomic mass is 79.9. The van der Waals surface area contributed by atoms with Gasteiger partial charge in [-0.05, 0) is 42.8 Å². The topological polar surface area (TPSA) is 28.2 Å². The number of benzene rings is 1. The van der Waals surface area contributed by atoms with Crippen molar-refractivity contribution in [1.82, 2.24) is 15.2 Å². The third-order valence-corrected chi connectivity index (χ3v) is 4.67. The highest BCUT2D eigenvalue weighted by Gasteiger charge is 2.22. The number of pyridine rings is 1. The Hall–Kier alpha value is -1.23. The summed E-state index contributed by atoms with van der Waals surface area (Å²) in [7, 11) is 0. The van der Waals surface area contributed by atoms with E-state index in [-0.39, 0.29) is 0 Å². The Labute approximate surface area is 140 Å². The van der Waals surface area contributed by atoms with Crippen LogP contribution in [0.3, 0.4) is 0 Å². The number of nitrogens with zero attached hydrogens (tertiary/aromatic N) is 2. The molecule has 1 unspecified atom stereocenters. The standard InChI is InChI=1S/C18H22BrN3/c19-16-6-3-5-15(13-16)18(14-17-7-1-2-9-21-17)22-11-4-8-20-10-12-22/h1-3,5-7,9,13,18,20H,4,8,10-12,14H2. The second kappa shape index (κ2) is 7.86. The summed E-state index contributed by atoms with van der Waals surface area (Å²) in [6.45, 7) is 4.40. The van der Waals surface area contributed by atoms with Gasteiger partial charge in [-0.25, -0.2) is 0 Å². The molecular formula is C18H22BrN3. The largest absolute Gasteiger partial charge is 0.315 e. The van der Waals surface area contributed by atoms with Crippen molar-refractivity contribution in [3.05, 3.63) is 64.4 Å². The van der Waals surface area contributed by atoms with Gasteiger partial charge in [-0.2, -0.15) is 0 Å². The summed E-state index contributed by atoms with van der Waals surface area (Å²) in [6, 6.07) is 15.3. The fraction of sp³-hybridized carbons (Fsp3) is 0.389. The summed E-state index contributed by atoms with van der Waals surface area (Å²) in [6.07, 6.45) is 4.04. The predicted molar refractivity (Wildman–Crippen MR) is 93.9 cm³/mol. The molecular weight excluding hydrogens is 338 g/mol. The van der Waals surface area contributed by atoms with Crippen molar-refractivity contribution in [2.45, 2.75) is 18.9 Å². The average molecular weight is 360 g/mol. The third-order valence-electron chi connectivity index (χ3n) is 4.18. The molecule has 0 radical (unpaired) electrons. The summed E-state index contributed by atoms with van der Waals surface area (Å²) in [5.41, 5.74) is 2.52. The molecule has 1 N–H and O–H groups in total. The average Bonchev–Trinajstić information content (AvgIpc) is 2.83. The van der Waals surface area contributed by atoms with Crippen LogP contribution < -0.4 is 5.32 Å². The Balaban J connectivity index is 1.87. The molecule has 1 aliphatic heterocycles. The van der Waals surface area contributed by atoms with Crippen molar-refractivity contribution < 1.29 is 0 Å². The van der Waals surface area contributed by atoms with Gasteiger partial charge in [0.25, 0.3) is 0 Å². The number of aromatic nitrogens is 1. The fourth-order valence-electron chi connectivity index (χ4n) is 3.07. The van der Waals surface area contributed by atoms with Gasteiger partial charge >= 0.3 is 0 Å². The molecule has 0 amide bonds. The maximum atomic E-state index is 4.53. The molecule has 1 aliphatic rings. The van der Waals surface area contributed by atoms with Gasteiger partial charge in [0.05, 0.1) is 0 Å².